The number of rotatable bonds is 1. The Labute approximate surface area is 136 Å². The molecule has 0 N–H and O–H groups in total. The van der Waals surface area contributed by atoms with Crippen molar-refractivity contribution in [1.82, 2.24) is 0 Å². The molecule has 4 rings (SSSR count). The molecule has 1 aromatic heterocycles. The summed E-state index contributed by atoms with van der Waals surface area (Å²) in [5, 5.41) is 2.76. The van der Waals surface area contributed by atoms with Gasteiger partial charge in [0.05, 0.1) is 0 Å². The van der Waals surface area contributed by atoms with Crippen LogP contribution in [0.1, 0.15) is 18.9 Å². The van der Waals surface area contributed by atoms with Crippen molar-refractivity contribution in [2.24, 2.45) is 5.92 Å². The minimum Gasteiger partial charge on any atom is -0.135 e. The van der Waals surface area contributed by atoms with Crippen molar-refractivity contribution in [3.8, 4) is 0 Å². The molecule has 0 amide bonds. The van der Waals surface area contributed by atoms with Crippen molar-refractivity contribution in [3.05, 3.63) is 64.7 Å². The second-order valence-electron chi connectivity index (χ2n) is 5.66. The molecule has 0 nitrogen and oxygen atoms in total. The Bertz CT molecular complexity index is 898. The van der Waals surface area contributed by atoms with Crippen molar-refractivity contribution in [3.63, 3.8) is 0 Å². The third-order valence-electron chi connectivity index (χ3n) is 4.19. The van der Waals surface area contributed by atoms with Gasteiger partial charge >= 0.3 is 0 Å². The Hall–Kier alpha value is -1.38. The number of benzene rings is 2. The van der Waals surface area contributed by atoms with Crippen molar-refractivity contribution in [2.75, 3.05) is 0 Å². The highest BCUT2D eigenvalue weighted by atomic mass is 79.9. The summed E-state index contributed by atoms with van der Waals surface area (Å²) in [6.45, 7) is 2.27. The lowest BCUT2D eigenvalue weighted by Crippen LogP contribution is -2.00. The second kappa shape index (κ2) is 5.11. The maximum absolute atomic E-state index is 3.64. The standard InChI is InChI=1S/C19H15BrS/c1-12-10-13(6-8-17(12)20)14-7-9-19-16(11-14)15-4-2-3-5-18(15)21-19/h2-9,11-12H,10H2,1H3. The highest BCUT2D eigenvalue weighted by Crippen LogP contribution is 2.38. The Morgan fingerprint density at radius 2 is 1.81 bits per heavy atom. The summed E-state index contributed by atoms with van der Waals surface area (Å²) in [5.41, 5.74) is 2.79. The Morgan fingerprint density at radius 1 is 1.00 bits per heavy atom. The predicted molar refractivity (Wildman–Crippen MR) is 98.1 cm³/mol. The molecule has 1 atom stereocenters. The molecule has 0 aliphatic heterocycles. The molecule has 2 aromatic carbocycles. The number of hydrogen-bond donors (Lipinski definition) is 0. The first kappa shape index (κ1) is 13.3. The molecule has 1 aliphatic carbocycles. The van der Waals surface area contributed by atoms with Crippen LogP contribution in [0.15, 0.2) is 59.1 Å². The van der Waals surface area contributed by atoms with Gasteiger partial charge in [0, 0.05) is 20.2 Å². The summed E-state index contributed by atoms with van der Waals surface area (Å²) in [6.07, 6.45) is 5.55. The topological polar surface area (TPSA) is 0 Å². The van der Waals surface area contributed by atoms with Crippen molar-refractivity contribution in [1.29, 1.82) is 0 Å². The van der Waals surface area contributed by atoms with Gasteiger partial charge in [-0.25, -0.2) is 0 Å². The van der Waals surface area contributed by atoms with Crippen LogP contribution in [-0.4, -0.2) is 0 Å². The minimum atomic E-state index is 0.569. The van der Waals surface area contributed by atoms with Gasteiger partial charge in [-0.05, 0) is 46.2 Å². The van der Waals surface area contributed by atoms with E-state index in [9.17, 15) is 0 Å². The molecule has 0 spiro atoms. The third kappa shape index (κ3) is 2.27. The van der Waals surface area contributed by atoms with Crippen LogP contribution in [0.5, 0.6) is 0 Å². The number of halogens is 1. The number of fused-ring (bicyclic) bond motifs is 3. The van der Waals surface area contributed by atoms with E-state index in [1.165, 1.54) is 35.8 Å². The Kier molecular flexibility index (Phi) is 3.24. The van der Waals surface area contributed by atoms with Gasteiger partial charge in [-0.15, -0.1) is 11.3 Å². The number of hydrogen-bond acceptors (Lipinski definition) is 1. The zero-order chi connectivity index (χ0) is 14.4. The summed E-state index contributed by atoms with van der Waals surface area (Å²) >= 11 is 5.52. The lowest BCUT2D eigenvalue weighted by molar-refractivity contribution is 0.739. The molecule has 1 unspecified atom stereocenters. The summed E-state index contributed by atoms with van der Waals surface area (Å²) in [6, 6.07) is 15.6. The average molecular weight is 355 g/mol. The summed E-state index contributed by atoms with van der Waals surface area (Å²) in [7, 11) is 0. The van der Waals surface area contributed by atoms with E-state index in [4.69, 9.17) is 0 Å². The maximum Gasteiger partial charge on any atom is 0.0355 e. The van der Waals surface area contributed by atoms with E-state index in [1.807, 2.05) is 11.3 Å². The highest BCUT2D eigenvalue weighted by Gasteiger charge is 2.15. The van der Waals surface area contributed by atoms with Gasteiger partial charge in [-0.3, -0.25) is 0 Å². The molecule has 1 heterocycles. The normalized spacial score (nSPS) is 18.9. The van der Waals surface area contributed by atoms with Crippen LogP contribution in [0.2, 0.25) is 0 Å². The molecule has 3 aromatic rings. The van der Waals surface area contributed by atoms with Gasteiger partial charge in [-0.1, -0.05) is 59.3 Å². The largest absolute Gasteiger partial charge is 0.135 e. The van der Waals surface area contributed by atoms with E-state index in [0.717, 1.165) is 6.42 Å². The Balaban J connectivity index is 1.89. The monoisotopic (exact) mass is 354 g/mol. The van der Waals surface area contributed by atoms with Crippen LogP contribution in [0.3, 0.4) is 0 Å². The van der Waals surface area contributed by atoms with Crippen LogP contribution in [0.4, 0.5) is 0 Å². The molecule has 0 bridgehead atoms. The first-order valence-electron chi connectivity index (χ1n) is 7.20. The SMILES string of the molecule is CC1CC(c2ccc3sc4ccccc4c3c2)=CC=C1Br. The molecule has 104 valence electrons. The highest BCUT2D eigenvalue weighted by molar-refractivity contribution is 9.11. The molecule has 0 fully saturated rings. The van der Waals surface area contributed by atoms with E-state index in [0.29, 0.717) is 5.92 Å². The fourth-order valence-corrected chi connectivity index (χ4v) is 4.36. The van der Waals surface area contributed by atoms with Gasteiger partial charge in [-0.2, -0.15) is 0 Å². The quantitative estimate of drug-likeness (QED) is 0.452. The zero-order valence-corrected chi connectivity index (χ0v) is 14.2. The number of thiophene rings is 1. The van der Waals surface area contributed by atoms with Crippen LogP contribution < -0.4 is 0 Å². The third-order valence-corrected chi connectivity index (χ3v) is 6.39. The van der Waals surface area contributed by atoms with E-state index >= 15 is 0 Å². The van der Waals surface area contributed by atoms with Gasteiger partial charge in [0.1, 0.15) is 0 Å². The fourth-order valence-electron chi connectivity index (χ4n) is 2.98. The molecular formula is C19H15BrS. The van der Waals surface area contributed by atoms with E-state index < -0.39 is 0 Å². The molecule has 21 heavy (non-hydrogen) atoms. The fraction of sp³-hybridized carbons (Fsp3) is 0.158. The van der Waals surface area contributed by atoms with Gasteiger partial charge < -0.3 is 0 Å². The molecule has 0 radical (unpaired) electrons. The van der Waals surface area contributed by atoms with Crippen molar-refractivity contribution < 1.29 is 0 Å². The van der Waals surface area contributed by atoms with E-state index in [1.54, 1.807) is 0 Å². The maximum atomic E-state index is 3.64. The molecule has 0 saturated carbocycles. The van der Waals surface area contributed by atoms with Crippen LogP contribution in [0.25, 0.3) is 25.7 Å². The lowest BCUT2D eigenvalue weighted by Gasteiger charge is -2.18. The van der Waals surface area contributed by atoms with Crippen molar-refractivity contribution in [2.45, 2.75) is 13.3 Å². The first-order chi connectivity index (χ1) is 10.2. The zero-order valence-electron chi connectivity index (χ0n) is 11.8. The van der Waals surface area contributed by atoms with Crippen LogP contribution in [0, 0.1) is 5.92 Å². The predicted octanol–water partition coefficient (Wildman–Crippen LogP) is 6.76. The second-order valence-corrected chi connectivity index (χ2v) is 7.66. The number of allylic oxidation sites excluding steroid dienone is 4. The molecule has 2 heteroatoms. The molecule has 0 saturated heterocycles. The van der Waals surface area contributed by atoms with Gasteiger partial charge in [0.2, 0.25) is 0 Å². The lowest BCUT2D eigenvalue weighted by atomic mass is 9.90. The average Bonchev–Trinajstić information content (AvgIpc) is 2.88. The van der Waals surface area contributed by atoms with Crippen LogP contribution in [-0.2, 0) is 0 Å². The van der Waals surface area contributed by atoms with E-state index in [-0.39, 0.29) is 0 Å². The summed E-state index contributed by atoms with van der Waals surface area (Å²) < 4.78 is 4.05. The van der Waals surface area contributed by atoms with E-state index in [2.05, 4.69) is 77.5 Å². The summed E-state index contributed by atoms with van der Waals surface area (Å²) in [4.78, 5) is 0. The Morgan fingerprint density at radius 3 is 2.67 bits per heavy atom. The van der Waals surface area contributed by atoms with Crippen molar-refractivity contribution >= 4 is 53.0 Å². The van der Waals surface area contributed by atoms with Crippen LogP contribution >= 0.6 is 27.3 Å². The first-order valence-corrected chi connectivity index (χ1v) is 8.81. The molecule has 1 aliphatic rings. The summed E-state index contributed by atoms with van der Waals surface area (Å²) in [5.74, 6) is 0.569. The van der Waals surface area contributed by atoms with Gasteiger partial charge in [0.25, 0.3) is 0 Å². The smallest absolute Gasteiger partial charge is 0.0355 e. The minimum absolute atomic E-state index is 0.569. The molecular weight excluding hydrogens is 340 g/mol. The van der Waals surface area contributed by atoms with Gasteiger partial charge in [0.15, 0.2) is 0 Å².